The van der Waals surface area contributed by atoms with Gasteiger partial charge in [-0.3, -0.25) is 4.79 Å². The summed E-state index contributed by atoms with van der Waals surface area (Å²) in [6.07, 6.45) is 2.04. The number of hydrogen-bond acceptors (Lipinski definition) is 3. The van der Waals surface area contributed by atoms with Gasteiger partial charge in [-0.05, 0) is 61.1 Å². The normalized spacial score (nSPS) is 10.4. The second kappa shape index (κ2) is 8.27. The minimum atomic E-state index is -0.149. The number of nitrogens with one attached hydrogen (secondary N) is 1. The Bertz CT molecular complexity index is 663. The van der Waals surface area contributed by atoms with Crippen LogP contribution in [0.5, 0.6) is 5.75 Å². The molecule has 5 heteroatoms. The zero-order valence-electron chi connectivity index (χ0n) is 13.5. The van der Waals surface area contributed by atoms with Crippen LogP contribution in [-0.2, 0) is 11.3 Å². The molecule has 0 saturated carbocycles. The molecule has 0 aromatic heterocycles. The van der Waals surface area contributed by atoms with Gasteiger partial charge in [-0.1, -0.05) is 23.7 Å². The Morgan fingerprint density at radius 3 is 2.35 bits per heavy atom. The van der Waals surface area contributed by atoms with E-state index in [4.69, 9.17) is 16.3 Å². The predicted molar refractivity (Wildman–Crippen MR) is 96.5 cm³/mol. The number of rotatable bonds is 6. The Balaban J connectivity index is 1.83. The average Bonchev–Trinajstić information content (AvgIpc) is 2.56. The number of halogens is 1. The Morgan fingerprint density at radius 1 is 1.17 bits per heavy atom. The van der Waals surface area contributed by atoms with E-state index >= 15 is 0 Å². The Labute approximate surface area is 146 Å². The fourth-order valence-corrected chi connectivity index (χ4v) is 2.65. The number of hydrogen-bond donors (Lipinski definition) is 1. The topological polar surface area (TPSA) is 38.3 Å². The van der Waals surface area contributed by atoms with E-state index in [-0.39, 0.29) is 12.5 Å². The van der Waals surface area contributed by atoms with Crippen molar-refractivity contribution in [3.05, 3.63) is 58.1 Å². The number of carbonyl (C=O) groups is 1. The number of carbonyl (C=O) groups excluding carboxylic acids is 1. The van der Waals surface area contributed by atoms with Crippen molar-refractivity contribution in [2.24, 2.45) is 0 Å². The van der Waals surface area contributed by atoms with Crippen molar-refractivity contribution in [1.29, 1.82) is 0 Å². The van der Waals surface area contributed by atoms with Crippen molar-refractivity contribution in [3.63, 3.8) is 0 Å². The summed E-state index contributed by atoms with van der Waals surface area (Å²) >= 11 is 7.81. The first kappa shape index (κ1) is 17.7. The molecule has 0 aliphatic rings. The van der Waals surface area contributed by atoms with E-state index in [2.05, 4.69) is 5.32 Å². The lowest BCUT2D eigenvalue weighted by Crippen LogP contribution is -2.28. The van der Waals surface area contributed by atoms with Crippen LogP contribution in [0.15, 0.2) is 41.3 Å². The van der Waals surface area contributed by atoms with Crippen LogP contribution in [0.2, 0.25) is 5.02 Å². The number of aryl methyl sites for hydroxylation is 2. The van der Waals surface area contributed by atoms with Crippen LogP contribution < -0.4 is 10.1 Å². The fourth-order valence-electron chi connectivity index (χ4n) is 2.13. The molecule has 2 rings (SSSR count). The van der Waals surface area contributed by atoms with Crippen molar-refractivity contribution in [3.8, 4) is 5.75 Å². The number of ether oxygens (including phenoxy) is 1. The van der Waals surface area contributed by atoms with Crippen LogP contribution in [0.3, 0.4) is 0 Å². The molecule has 1 N–H and O–H groups in total. The first-order valence-electron chi connectivity index (χ1n) is 7.29. The summed E-state index contributed by atoms with van der Waals surface area (Å²) in [5.74, 6) is 0.507. The zero-order chi connectivity index (χ0) is 16.8. The number of benzene rings is 2. The highest BCUT2D eigenvalue weighted by atomic mass is 35.5. The summed E-state index contributed by atoms with van der Waals surface area (Å²) in [5, 5.41) is 3.58. The van der Waals surface area contributed by atoms with Gasteiger partial charge in [0.15, 0.2) is 6.61 Å². The third-order valence-corrected chi connectivity index (χ3v) is 4.77. The molecule has 1 amide bonds. The Hall–Kier alpha value is -1.65. The van der Waals surface area contributed by atoms with Gasteiger partial charge in [0.1, 0.15) is 5.75 Å². The highest BCUT2D eigenvalue weighted by Crippen LogP contribution is 2.25. The second-order valence-corrected chi connectivity index (χ2v) is 6.54. The molecule has 2 aromatic carbocycles. The second-order valence-electron chi connectivity index (χ2n) is 5.28. The summed E-state index contributed by atoms with van der Waals surface area (Å²) in [6.45, 7) is 4.32. The molecule has 0 bridgehead atoms. The van der Waals surface area contributed by atoms with Crippen LogP contribution >= 0.6 is 23.4 Å². The molecular formula is C18H20ClNO2S. The molecular weight excluding hydrogens is 330 g/mol. The minimum absolute atomic E-state index is 0.0105. The van der Waals surface area contributed by atoms with Crippen LogP contribution in [0.4, 0.5) is 0 Å². The zero-order valence-corrected chi connectivity index (χ0v) is 15.1. The van der Waals surface area contributed by atoms with Gasteiger partial charge in [0, 0.05) is 16.5 Å². The molecule has 23 heavy (non-hydrogen) atoms. The van der Waals surface area contributed by atoms with Gasteiger partial charge in [-0.2, -0.15) is 0 Å². The highest BCUT2D eigenvalue weighted by molar-refractivity contribution is 7.98. The van der Waals surface area contributed by atoms with Gasteiger partial charge in [-0.25, -0.2) is 0 Å². The van der Waals surface area contributed by atoms with E-state index in [0.29, 0.717) is 12.3 Å². The molecule has 122 valence electrons. The predicted octanol–water partition coefficient (Wildman–Crippen LogP) is 4.37. The smallest absolute Gasteiger partial charge is 0.258 e. The lowest BCUT2D eigenvalue weighted by molar-refractivity contribution is -0.123. The van der Waals surface area contributed by atoms with Gasteiger partial charge in [0.05, 0.1) is 0 Å². The molecule has 0 aliphatic heterocycles. The summed E-state index contributed by atoms with van der Waals surface area (Å²) in [6, 6.07) is 11.8. The van der Waals surface area contributed by atoms with Crippen LogP contribution in [0.1, 0.15) is 16.7 Å². The third kappa shape index (κ3) is 5.19. The molecule has 0 atom stereocenters. The van der Waals surface area contributed by atoms with Gasteiger partial charge in [-0.15, -0.1) is 11.8 Å². The maximum Gasteiger partial charge on any atom is 0.258 e. The maximum atomic E-state index is 11.9. The molecule has 0 radical (unpaired) electrons. The Morgan fingerprint density at radius 2 is 1.78 bits per heavy atom. The van der Waals surface area contributed by atoms with E-state index in [1.54, 1.807) is 11.8 Å². The Kier molecular flexibility index (Phi) is 6.37. The van der Waals surface area contributed by atoms with Crippen molar-refractivity contribution in [1.82, 2.24) is 5.32 Å². The quantitative estimate of drug-likeness (QED) is 0.787. The van der Waals surface area contributed by atoms with E-state index in [9.17, 15) is 4.79 Å². The van der Waals surface area contributed by atoms with Crippen LogP contribution in [-0.4, -0.2) is 18.8 Å². The van der Waals surface area contributed by atoms with E-state index in [1.807, 2.05) is 56.5 Å². The van der Waals surface area contributed by atoms with Crippen molar-refractivity contribution in [2.45, 2.75) is 25.3 Å². The maximum absolute atomic E-state index is 11.9. The van der Waals surface area contributed by atoms with Gasteiger partial charge in [0.2, 0.25) is 0 Å². The van der Waals surface area contributed by atoms with Gasteiger partial charge < -0.3 is 10.1 Å². The summed E-state index contributed by atoms with van der Waals surface area (Å²) in [4.78, 5) is 13.1. The molecule has 0 heterocycles. The van der Waals surface area contributed by atoms with Gasteiger partial charge in [0.25, 0.3) is 5.91 Å². The lowest BCUT2D eigenvalue weighted by atomic mass is 10.1. The number of amides is 1. The SMILES string of the molecule is CSc1ccc(CNC(=O)COc2cc(C)c(Cl)c(C)c2)cc1. The van der Waals surface area contributed by atoms with E-state index < -0.39 is 0 Å². The first-order valence-corrected chi connectivity index (χ1v) is 8.89. The van der Waals surface area contributed by atoms with Crippen LogP contribution in [0, 0.1) is 13.8 Å². The number of thioether (sulfide) groups is 1. The van der Waals surface area contributed by atoms with Crippen LogP contribution in [0.25, 0.3) is 0 Å². The third-order valence-electron chi connectivity index (χ3n) is 3.43. The van der Waals surface area contributed by atoms with Crippen molar-refractivity contribution in [2.75, 3.05) is 12.9 Å². The molecule has 0 spiro atoms. The van der Waals surface area contributed by atoms with Crippen molar-refractivity contribution < 1.29 is 9.53 Å². The average molecular weight is 350 g/mol. The monoisotopic (exact) mass is 349 g/mol. The van der Waals surface area contributed by atoms with Gasteiger partial charge >= 0.3 is 0 Å². The fraction of sp³-hybridized carbons (Fsp3) is 0.278. The summed E-state index contributed by atoms with van der Waals surface area (Å²) < 4.78 is 5.54. The summed E-state index contributed by atoms with van der Waals surface area (Å²) in [5.41, 5.74) is 2.95. The summed E-state index contributed by atoms with van der Waals surface area (Å²) in [7, 11) is 0. The minimum Gasteiger partial charge on any atom is -0.484 e. The molecule has 0 aliphatic carbocycles. The molecule has 2 aromatic rings. The van der Waals surface area contributed by atoms with E-state index in [0.717, 1.165) is 21.7 Å². The van der Waals surface area contributed by atoms with E-state index in [1.165, 1.54) is 4.90 Å². The largest absolute Gasteiger partial charge is 0.484 e. The molecule has 3 nitrogen and oxygen atoms in total. The molecule has 0 fully saturated rings. The van der Waals surface area contributed by atoms with Crippen molar-refractivity contribution >= 4 is 29.3 Å². The molecule has 0 saturated heterocycles. The lowest BCUT2D eigenvalue weighted by Gasteiger charge is -2.10. The first-order chi connectivity index (χ1) is 11.0. The molecule has 0 unspecified atom stereocenters. The highest BCUT2D eigenvalue weighted by Gasteiger charge is 2.06. The standard InChI is InChI=1S/C18H20ClNO2S/c1-12-8-15(9-13(2)18(12)19)22-11-17(21)20-10-14-4-6-16(23-3)7-5-14/h4-9H,10-11H2,1-3H3,(H,20,21).